The van der Waals surface area contributed by atoms with Crippen molar-refractivity contribution in [3.05, 3.63) is 35.4 Å². The van der Waals surface area contributed by atoms with Crippen molar-refractivity contribution < 1.29 is 14.6 Å². The fourth-order valence-corrected chi connectivity index (χ4v) is 2.27. The summed E-state index contributed by atoms with van der Waals surface area (Å²) in [7, 11) is 1.76. The Morgan fingerprint density at radius 3 is 2.83 bits per heavy atom. The van der Waals surface area contributed by atoms with E-state index in [9.17, 15) is 4.79 Å². The zero-order chi connectivity index (χ0) is 13.0. The Morgan fingerprint density at radius 2 is 2.28 bits per heavy atom. The highest BCUT2D eigenvalue weighted by atomic mass is 16.5. The Bertz CT molecular complexity index is 421. The Balaban J connectivity index is 1.86. The minimum atomic E-state index is -0.885. The van der Waals surface area contributed by atoms with Gasteiger partial charge in [-0.2, -0.15) is 0 Å². The molecule has 0 aromatic heterocycles. The van der Waals surface area contributed by atoms with Crippen molar-refractivity contribution in [2.45, 2.75) is 31.4 Å². The van der Waals surface area contributed by atoms with Crippen molar-refractivity contribution in [3.63, 3.8) is 0 Å². The van der Waals surface area contributed by atoms with Gasteiger partial charge in [0.2, 0.25) is 0 Å². The Morgan fingerprint density at radius 1 is 1.50 bits per heavy atom. The molecule has 1 saturated carbocycles. The maximum absolute atomic E-state index is 10.8. The molecule has 1 aliphatic rings. The van der Waals surface area contributed by atoms with Crippen LogP contribution < -0.4 is 5.32 Å². The van der Waals surface area contributed by atoms with Crippen molar-refractivity contribution in [1.29, 1.82) is 0 Å². The van der Waals surface area contributed by atoms with Crippen LogP contribution in [0.15, 0.2) is 24.3 Å². The maximum Gasteiger partial charge on any atom is 0.335 e. The first-order chi connectivity index (χ1) is 8.65. The van der Waals surface area contributed by atoms with Gasteiger partial charge < -0.3 is 15.2 Å². The average Bonchev–Trinajstić information content (AvgIpc) is 2.33. The first-order valence-electron chi connectivity index (χ1n) is 6.23. The highest BCUT2D eigenvalue weighted by Gasteiger charge is 2.36. The van der Waals surface area contributed by atoms with Gasteiger partial charge in [0.1, 0.15) is 0 Å². The fourth-order valence-electron chi connectivity index (χ4n) is 2.27. The summed E-state index contributed by atoms with van der Waals surface area (Å²) in [5.41, 5.74) is 1.32. The summed E-state index contributed by atoms with van der Waals surface area (Å²) < 4.78 is 5.52. The van der Waals surface area contributed by atoms with Crippen LogP contribution in [0, 0.1) is 0 Å². The summed E-state index contributed by atoms with van der Waals surface area (Å²) in [5, 5.41) is 12.3. The number of carboxylic acids is 1. The van der Waals surface area contributed by atoms with Crippen LogP contribution in [0.1, 0.15) is 35.2 Å². The summed E-state index contributed by atoms with van der Waals surface area (Å²) in [6.45, 7) is 1.49. The SMILES string of the molecule is COC1(CNCc2cccc(C(=O)O)c2)CCC1. The van der Waals surface area contributed by atoms with E-state index in [1.54, 1.807) is 25.3 Å². The van der Waals surface area contributed by atoms with Gasteiger partial charge in [-0.05, 0) is 37.0 Å². The van der Waals surface area contributed by atoms with Gasteiger partial charge in [0.05, 0.1) is 11.2 Å². The van der Waals surface area contributed by atoms with Gasteiger partial charge in [-0.15, -0.1) is 0 Å². The molecule has 1 aromatic rings. The van der Waals surface area contributed by atoms with Crippen LogP contribution in [-0.4, -0.2) is 30.3 Å². The van der Waals surface area contributed by atoms with Gasteiger partial charge in [-0.1, -0.05) is 12.1 Å². The first kappa shape index (κ1) is 13.1. The number of hydrogen-bond acceptors (Lipinski definition) is 3. The molecule has 4 nitrogen and oxygen atoms in total. The van der Waals surface area contributed by atoms with Crippen LogP contribution in [0.4, 0.5) is 0 Å². The molecule has 0 heterocycles. The predicted molar refractivity (Wildman–Crippen MR) is 68.7 cm³/mol. The quantitative estimate of drug-likeness (QED) is 0.810. The summed E-state index contributed by atoms with van der Waals surface area (Å²) in [6.07, 6.45) is 3.43. The highest BCUT2D eigenvalue weighted by molar-refractivity contribution is 5.87. The van der Waals surface area contributed by atoms with Gasteiger partial charge in [-0.25, -0.2) is 4.79 Å². The second kappa shape index (κ2) is 5.50. The molecule has 0 bridgehead atoms. The third-order valence-electron chi connectivity index (χ3n) is 3.65. The lowest BCUT2D eigenvalue weighted by molar-refractivity contribution is -0.0695. The molecule has 0 saturated heterocycles. The van der Waals surface area contributed by atoms with Crippen LogP contribution in [0.25, 0.3) is 0 Å². The van der Waals surface area contributed by atoms with Crippen molar-refractivity contribution in [3.8, 4) is 0 Å². The lowest BCUT2D eigenvalue weighted by Gasteiger charge is -2.40. The van der Waals surface area contributed by atoms with Gasteiger partial charge >= 0.3 is 5.97 Å². The molecular weight excluding hydrogens is 230 g/mol. The van der Waals surface area contributed by atoms with Crippen LogP contribution in [-0.2, 0) is 11.3 Å². The fraction of sp³-hybridized carbons (Fsp3) is 0.500. The molecular formula is C14H19NO3. The largest absolute Gasteiger partial charge is 0.478 e. The standard InChI is InChI=1S/C14H19NO3/c1-18-14(6-3-7-14)10-15-9-11-4-2-5-12(8-11)13(16)17/h2,4-5,8,15H,3,6-7,9-10H2,1H3,(H,16,17). The van der Waals surface area contributed by atoms with Crippen LogP contribution in [0.2, 0.25) is 0 Å². The second-order valence-electron chi connectivity index (χ2n) is 4.85. The molecule has 4 heteroatoms. The van der Waals surface area contributed by atoms with Crippen molar-refractivity contribution in [2.24, 2.45) is 0 Å². The van der Waals surface area contributed by atoms with E-state index in [0.717, 1.165) is 24.9 Å². The number of benzene rings is 1. The minimum absolute atomic E-state index is 0.00437. The molecule has 0 aliphatic heterocycles. The zero-order valence-corrected chi connectivity index (χ0v) is 10.6. The zero-order valence-electron chi connectivity index (χ0n) is 10.6. The predicted octanol–water partition coefficient (Wildman–Crippen LogP) is 2.04. The summed E-state index contributed by atoms with van der Waals surface area (Å²) in [4.78, 5) is 10.8. The molecule has 0 unspecified atom stereocenters. The molecule has 0 amide bonds. The third kappa shape index (κ3) is 2.89. The molecule has 1 fully saturated rings. The maximum atomic E-state index is 10.8. The van der Waals surface area contributed by atoms with Crippen LogP contribution >= 0.6 is 0 Å². The van der Waals surface area contributed by atoms with Crippen LogP contribution in [0.5, 0.6) is 0 Å². The molecule has 0 radical (unpaired) electrons. The van der Waals surface area contributed by atoms with Gasteiger partial charge in [0.15, 0.2) is 0 Å². The Hall–Kier alpha value is -1.39. The summed E-state index contributed by atoms with van der Waals surface area (Å²) >= 11 is 0. The number of aromatic carboxylic acids is 1. The monoisotopic (exact) mass is 249 g/mol. The number of nitrogens with one attached hydrogen (secondary N) is 1. The lowest BCUT2D eigenvalue weighted by Crippen LogP contribution is -2.47. The number of carbonyl (C=O) groups is 1. The minimum Gasteiger partial charge on any atom is -0.478 e. The van der Waals surface area contributed by atoms with Crippen LogP contribution in [0.3, 0.4) is 0 Å². The summed E-state index contributed by atoms with van der Waals surface area (Å²) in [6, 6.07) is 7.01. The van der Waals surface area contributed by atoms with E-state index in [4.69, 9.17) is 9.84 Å². The van der Waals surface area contributed by atoms with E-state index in [1.807, 2.05) is 6.07 Å². The molecule has 2 rings (SSSR count). The summed E-state index contributed by atoms with van der Waals surface area (Å²) in [5.74, 6) is -0.885. The second-order valence-corrected chi connectivity index (χ2v) is 4.85. The number of hydrogen-bond donors (Lipinski definition) is 2. The van der Waals surface area contributed by atoms with E-state index in [2.05, 4.69) is 5.32 Å². The number of rotatable bonds is 6. The third-order valence-corrected chi connectivity index (χ3v) is 3.65. The van der Waals surface area contributed by atoms with Gasteiger partial charge in [0.25, 0.3) is 0 Å². The Labute approximate surface area is 107 Å². The van der Waals surface area contributed by atoms with Gasteiger partial charge in [-0.3, -0.25) is 0 Å². The van der Waals surface area contributed by atoms with E-state index >= 15 is 0 Å². The van der Waals surface area contributed by atoms with E-state index in [1.165, 1.54) is 6.42 Å². The van der Waals surface area contributed by atoms with E-state index < -0.39 is 5.97 Å². The topological polar surface area (TPSA) is 58.6 Å². The molecule has 1 aromatic carbocycles. The molecule has 18 heavy (non-hydrogen) atoms. The average molecular weight is 249 g/mol. The Kier molecular flexibility index (Phi) is 3.99. The number of methoxy groups -OCH3 is 1. The highest BCUT2D eigenvalue weighted by Crippen LogP contribution is 2.34. The van der Waals surface area contributed by atoms with E-state index in [0.29, 0.717) is 12.1 Å². The first-order valence-corrected chi connectivity index (χ1v) is 6.23. The number of carboxylic acid groups (broad SMARTS) is 1. The normalized spacial score (nSPS) is 17.2. The van der Waals surface area contributed by atoms with Crippen molar-refractivity contribution in [2.75, 3.05) is 13.7 Å². The molecule has 0 atom stereocenters. The number of ether oxygens (including phenoxy) is 1. The molecule has 2 N–H and O–H groups in total. The molecule has 1 aliphatic carbocycles. The van der Waals surface area contributed by atoms with Crippen molar-refractivity contribution >= 4 is 5.97 Å². The lowest BCUT2D eigenvalue weighted by atomic mass is 9.80. The van der Waals surface area contributed by atoms with Gasteiger partial charge in [0, 0.05) is 20.2 Å². The molecule has 98 valence electrons. The molecule has 0 spiro atoms. The van der Waals surface area contributed by atoms with Crippen molar-refractivity contribution in [1.82, 2.24) is 5.32 Å². The van der Waals surface area contributed by atoms with E-state index in [-0.39, 0.29) is 5.60 Å². The smallest absolute Gasteiger partial charge is 0.335 e.